The lowest BCUT2D eigenvalue weighted by Crippen LogP contribution is -2.48. The highest BCUT2D eigenvalue weighted by molar-refractivity contribution is 5.94. The molecule has 1 fully saturated rings. The Morgan fingerprint density at radius 3 is 2.54 bits per heavy atom. The average molecular weight is 545 g/mol. The lowest BCUT2D eigenvalue weighted by atomic mass is 9.82. The molecule has 2 aliphatic heterocycles. The number of amides is 1. The number of alkyl halides is 2. The summed E-state index contributed by atoms with van der Waals surface area (Å²) >= 11 is 0. The molecule has 2 atom stereocenters. The third kappa shape index (κ3) is 4.89. The van der Waals surface area contributed by atoms with Crippen molar-refractivity contribution in [2.75, 3.05) is 25.0 Å². The fourth-order valence-electron chi connectivity index (χ4n) is 5.52. The van der Waals surface area contributed by atoms with Crippen molar-refractivity contribution in [3.05, 3.63) is 58.2 Å². The molecule has 2 aliphatic rings. The number of halogens is 3. The first kappa shape index (κ1) is 27.1. The number of carbonyl (C=O) groups is 1. The minimum atomic E-state index is -2.94. The van der Waals surface area contributed by atoms with Gasteiger partial charge in [0.1, 0.15) is 29.3 Å². The second-order valence-electron chi connectivity index (χ2n) is 10.3. The van der Waals surface area contributed by atoms with Crippen LogP contribution in [0.5, 0.6) is 5.75 Å². The number of aliphatic hydroxyl groups excluding tert-OH is 1. The highest BCUT2D eigenvalue weighted by Crippen LogP contribution is 2.46. The molecule has 3 heterocycles. The maximum atomic E-state index is 14.9. The van der Waals surface area contributed by atoms with Crippen molar-refractivity contribution in [3.63, 3.8) is 0 Å². The number of aromatic nitrogens is 2. The normalized spacial score (nSPS) is 18.1. The second-order valence-corrected chi connectivity index (χ2v) is 10.3. The first-order valence-corrected chi connectivity index (χ1v) is 13.0. The van der Waals surface area contributed by atoms with Crippen molar-refractivity contribution >= 4 is 22.6 Å². The third-order valence-corrected chi connectivity index (χ3v) is 7.62. The third-order valence-electron chi connectivity index (χ3n) is 7.62. The number of hydrogen-bond donors (Lipinski definition) is 3. The predicted octanol–water partition coefficient (Wildman–Crippen LogP) is 4.31. The van der Waals surface area contributed by atoms with E-state index in [0.29, 0.717) is 46.9 Å². The largest absolute Gasteiger partial charge is 0.492 e. The predicted molar refractivity (Wildman–Crippen MR) is 138 cm³/mol. The summed E-state index contributed by atoms with van der Waals surface area (Å²) in [5.41, 5.74) is 0.135. The summed E-state index contributed by atoms with van der Waals surface area (Å²) in [5, 5.41) is 25.2. The van der Waals surface area contributed by atoms with Gasteiger partial charge in [0.2, 0.25) is 0 Å². The van der Waals surface area contributed by atoms with Crippen LogP contribution in [0.2, 0.25) is 0 Å². The summed E-state index contributed by atoms with van der Waals surface area (Å²) in [6.45, 7) is 5.75. The number of nitrogens with one attached hydrogen (secondary N) is 1. The summed E-state index contributed by atoms with van der Waals surface area (Å²) < 4.78 is 47.5. The molecule has 2 unspecified atom stereocenters. The summed E-state index contributed by atoms with van der Waals surface area (Å²) in [4.78, 5) is 23.0. The number of aliphatic hydroxyl groups is 2. The maximum absolute atomic E-state index is 14.9. The van der Waals surface area contributed by atoms with Crippen molar-refractivity contribution < 1.29 is 32.9 Å². The standard InChI is InChI=1S/C28H31F3N4O4/c1-14(17-5-4-6-18(22(17)29)25(30)31)32-26-20-13-21(24-19(7-12-39-24)23(20)33-16(3)34-26)28(38)8-10-35(11-9-28)27(37)15(2)36/h4-6,13-15,25,36,38H,7-12H2,1-3H3,(H,32,33,34). The summed E-state index contributed by atoms with van der Waals surface area (Å²) in [5.74, 6) is 0.0561. The Kier molecular flexibility index (Phi) is 7.15. The number of fused-ring (bicyclic) bond motifs is 3. The van der Waals surface area contributed by atoms with Crippen molar-refractivity contribution in [1.29, 1.82) is 0 Å². The summed E-state index contributed by atoms with van der Waals surface area (Å²) in [6.07, 6.45) is -3.01. The highest BCUT2D eigenvalue weighted by atomic mass is 19.3. The van der Waals surface area contributed by atoms with E-state index >= 15 is 0 Å². The van der Waals surface area contributed by atoms with Crippen LogP contribution in [0, 0.1) is 12.7 Å². The molecule has 0 saturated carbocycles. The van der Waals surface area contributed by atoms with Crippen LogP contribution in [-0.2, 0) is 16.8 Å². The molecule has 0 bridgehead atoms. The van der Waals surface area contributed by atoms with Crippen molar-refractivity contribution in [2.45, 2.75) is 64.2 Å². The van der Waals surface area contributed by atoms with Gasteiger partial charge < -0.3 is 25.2 Å². The van der Waals surface area contributed by atoms with Crippen LogP contribution in [0.4, 0.5) is 19.0 Å². The number of benzene rings is 2. The number of hydrogen-bond acceptors (Lipinski definition) is 7. The van der Waals surface area contributed by atoms with Gasteiger partial charge in [0, 0.05) is 41.6 Å². The van der Waals surface area contributed by atoms with Crippen LogP contribution in [0.25, 0.3) is 10.9 Å². The maximum Gasteiger partial charge on any atom is 0.266 e. The number of aryl methyl sites for hydroxylation is 1. The smallest absolute Gasteiger partial charge is 0.266 e. The monoisotopic (exact) mass is 544 g/mol. The van der Waals surface area contributed by atoms with E-state index in [2.05, 4.69) is 15.3 Å². The van der Waals surface area contributed by atoms with Crippen LogP contribution in [-0.4, -0.2) is 56.8 Å². The van der Waals surface area contributed by atoms with Gasteiger partial charge in [0.05, 0.1) is 29.3 Å². The van der Waals surface area contributed by atoms with E-state index in [-0.39, 0.29) is 37.4 Å². The summed E-state index contributed by atoms with van der Waals surface area (Å²) in [6, 6.07) is 4.99. The number of carbonyl (C=O) groups excluding carboxylic acids is 1. The zero-order valence-corrected chi connectivity index (χ0v) is 22.0. The van der Waals surface area contributed by atoms with Crippen LogP contribution in [0.1, 0.15) is 67.2 Å². The zero-order valence-electron chi connectivity index (χ0n) is 22.0. The summed E-state index contributed by atoms with van der Waals surface area (Å²) in [7, 11) is 0. The van der Waals surface area contributed by atoms with Gasteiger partial charge in [-0.3, -0.25) is 4.79 Å². The Morgan fingerprint density at radius 1 is 1.18 bits per heavy atom. The molecular weight excluding hydrogens is 513 g/mol. The quantitative estimate of drug-likeness (QED) is 0.424. The molecule has 1 saturated heterocycles. The zero-order chi connectivity index (χ0) is 28.1. The Hall–Kier alpha value is -3.44. The first-order chi connectivity index (χ1) is 18.5. The topological polar surface area (TPSA) is 108 Å². The minimum Gasteiger partial charge on any atom is -0.492 e. The minimum absolute atomic E-state index is 0.0794. The van der Waals surface area contributed by atoms with Crippen molar-refractivity contribution in [1.82, 2.24) is 14.9 Å². The van der Waals surface area contributed by atoms with Gasteiger partial charge in [-0.1, -0.05) is 18.2 Å². The number of ether oxygens (including phenoxy) is 1. The molecule has 0 spiro atoms. The van der Waals surface area contributed by atoms with Crippen molar-refractivity contribution in [2.24, 2.45) is 0 Å². The van der Waals surface area contributed by atoms with E-state index < -0.39 is 35.6 Å². The Morgan fingerprint density at radius 2 is 1.87 bits per heavy atom. The molecule has 1 aromatic heterocycles. The molecule has 0 radical (unpaired) electrons. The van der Waals surface area contributed by atoms with Gasteiger partial charge in [-0.15, -0.1) is 0 Å². The molecule has 0 aliphatic carbocycles. The van der Waals surface area contributed by atoms with Crippen LogP contribution in [0.15, 0.2) is 24.3 Å². The van der Waals surface area contributed by atoms with E-state index in [1.807, 2.05) is 0 Å². The van der Waals surface area contributed by atoms with Crippen molar-refractivity contribution in [3.8, 4) is 5.75 Å². The number of likely N-dealkylation sites (tertiary alicyclic amines) is 1. The van der Waals surface area contributed by atoms with E-state index in [0.717, 1.165) is 11.6 Å². The lowest BCUT2D eigenvalue weighted by molar-refractivity contribution is -0.143. The van der Waals surface area contributed by atoms with E-state index in [1.54, 1.807) is 19.9 Å². The number of anilines is 1. The van der Waals surface area contributed by atoms with Gasteiger partial charge in [-0.2, -0.15) is 0 Å². The van der Waals surface area contributed by atoms with E-state index in [4.69, 9.17) is 4.74 Å². The lowest BCUT2D eigenvalue weighted by Gasteiger charge is -2.39. The molecule has 208 valence electrons. The number of nitrogens with zero attached hydrogens (tertiary/aromatic N) is 3. The Labute approximate surface area is 223 Å². The number of piperidine rings is 1. The molecule has 8 nitrogen and oxygen atoms in total. The molecule has 39 heavy (non-hydrogen) atoms. The number of rotatable bonds is 6. The van der Waals surface area contributed by atoms with Gasteiger partial charge in [-0.05, 0) is 39.7 Å². The Balaban J connectivity index is 1.55. The second kappa shape index (κ2) is 10.3. The van der Waals surface area contributed by atoms with Gasteiger partial charge in [0.15, 0.2) is 0 Å². The molecule has 11 heteroatoms. The van der Waals surface area contributed by atoms with Crippen LogP contribution < -0.4 is 10.1 Å². The highest BCUT2D eigenvalue weighted by Gasteiger charge is 2.40. The van der Waals surface area contributed by atoms with E-state index in [9.17, 15) is 28.2 Å². The van der Waals surface area contributed by atoms with Crippen LogP contribution in [0.3, 0.4) is 0 Å². The molecule has 3 aromatic rings. The van der Waals surface area contributed by atoms with Gasteiger partial charge in [-0.25, -0.2) is 23.1 Å². The fraction of sp³-hybridized carbons (Fsp3) is 0.464. The van der Waals surface area contributed by atoms with Gasteiger partial charge >= 0.3 is 0 Å². The molecule has 5 rings (SSSR count). The molecule has 1 amide bonds. The van der Waals surface area contributed by atoms with E-state index in [1.165, 1.54) is 24.0 Å². The van der Waals surface area contributed by atoms with Crippen LogP contribution >= 0.6 is 0 Å². The molecular formula is C28H31F3N4O4. The average Bonchev–Trinajstić information content (AvgIpc) is 3.38. The molecule has 3 N–H and O–H groups in total. The Bertz CT molecular complexity index is 1420. The molecule has 2 aromatic carbocycles. The first-order valence-electron chi connectivity index (χ1n) is 13.0. The SMILES string of the molecule is Cc1nc(NC(C)c2cccc(C(F)F)c2F)c2cc(C3(O)CCN(C(=O)C(C)O)CC3)c3c(c2n1)CCO3. The van der Waals surface area contributed by atoms with Gasteiger partial charge in [0.25, 0.3) is 12.3 Å². The fourth-order valence-corrected chi connectivity index (χ4v) is 5.52.